The van der Waals surface area contributed by atoms with Crippen molar-refractivity contribution in [1.29, 1.82) is 0 Å². The Kier molecular flexibility index (Phi) is 5.91. The number of carbonyl (C=O) groups is 1. The molecule has 3 rings (SSSR count). The van der Waals surface area contributed by atoms with Gasteiger partial charge in [-0.15, -0.1) is 10.2 Å². The number of nitrogens with zero attached hydrogens (tertiary/aromatic N) is 2. The van der Waals surface area contributed by atoms with Crippen molar-refractivity contribution in [1.82, 2.24) is 15.5 Å². The highest BCUT2D eigenvalue weighted by atomic mass is 32.2. The van der Waals surface area contributed by atoms with Crippen LogP contribution < -0.4 is 5.32 Å². The molecule has 5 nitrogen and oxygen atoms in total. The van der Waals surface area contributed by atoms with Gasteiger partial charge in [0.1, 0.15) is 5.82 Å². The molecule has 0 bridgehead atoms. The number of aryl methyl sites for hydroxylation is 1. The number of hydrogen-bond acceptors (Lipinski definition) is 5. The maximum Gasteiger partial charge on any atom is 0.277 e. The fraction of sp³-hybridized carbons (Fsp3) is 0.250. The van der Waals surface area contributed by atoms with Crippen molar-refractivity contribution in [3.05, 3.63) is 65.5 Å². The molecular formula is C20H20FN3O2S. The van der Waals surface area contributed by atoms with Crippen LogP contribution in [-0.2, 0) is 4.79 Å². The lowest BCUT2D eigenvalue weighted by Crippen LogP contribution is -2.33. The van der Waals surface area contributed by atoms with Crippen LogP contribution in [0.2, 0.25) is 0 Å². The van der Waals surface area contributed by atoms with E-state index >= 15 is 0 Å². The highest BCUT2D eigenvalue weighted by Gasteiger charge is 2.20. The van der Waals surface area contributed by atoms with E-state index in [0.717, 1.165) is 16.7 Å². The van der Waals surface area contributed by atoms with Crippen molar-refractivity contribution in [2.24, 2.45) is 0 Å². The van der Waals surface area contributed by atoms with Crippen LogP contribution in [0.15, 0.2) is 58.2 Å². The molecule has 0 aliphatic carbocycles. The highest BCUT2D eigenvalue weighted by molar-refractivity contribution is 8.00. The van der Waals surface area contributed by atoms with E-state index in [-0.39, 0.29) is 17.8 Å². The zero-order valence-electron chi connectivity index (χ0n) is 15.3. The summed E-state index contributed by atoms with van der Waals surface area (Å²) in [5.74, 6) is -0.0429. The van der Waals surface area contributed by atoms with Crippen molar-refractivity contribution in [2.75, 3.05) is 0 Å². The van der Waals surface area contributed by atoms with Gasteiger partial charge in [-0.25, -0.2) is 4.39 Å². The molecule has 140 valence electrons. The Hall–Kier alpha value is -2.67. The first-order valence-electron chi connectivity index (χ1n) is 8.55. The number of halogens is 1. The average Bonchev–Trinajstić information content (AvgIpc) is 3.11. The molecule has 7 heteroatoms. The van der Waals surface area contributed by atoms with Gasteiger partial charge in [-0.1, -0.05) is 41.6 Å². The molecular weight excluding hydrogens is 365 g/mol. The molecule has 1 amide bonds. The summed E-state index contributed by atoms with van der Waals surface area (Å²) in [5.41, 5.74) is 2.82. The number of thioether (sulfide) groups is 1. The Bertz CT molecular complexity index is 910. The van der Waals surface area contributed by atoms with E-state index in [4.69, 9.17) is 4.42 Å². The second-order valence-corrected chi connectivity index (χ2v) is 7.57. The van der Waals surface area contributed by atoms with Gasteiger partial charge in [-0.05, 0) is 50.6 Å². The molecule has 0 spiro atoms. The van der Waals surface area contributed by atoms with Crippen LogP contribution in [0.5, 0.6) is 0 Å². The van der Waals surface area contributed by atoms with Crippen LogP contribution in [0, 0.1) is 12.7 Å². The minimum Gasteiger partial charge on any atom is -0.411 e. The summed E-state index contributed by atoms with van der Waals surface area (Å²) in [4.78, 5) is 12.4. The van der Waals surface area contributed by atoms with Gasteiger partial charge in [0.25, 0.3) is 5.22 Å². The molecule has 1 heterocycles. The minimum absolute atomic E-state index is 0.160. The van der Waals surface area contributed by atoms with Gasteiger partial charge in [-0.2, -0.15) is 0 Å². The van der Waals surface area contributed by atoms with E-state index in [0.29, 0.717) is 11.1 Å². The van der Waals surface area contributed by atoms with E-state index < -0.39 is 5.25 Å². The van der Waals surface area contributed by atoms with Crippen molar-refractivity contribution < 1.29 is 13.6 Å². The predicted molar refractivity (Wildman–Crippen MR) is 103 cm³/mol. The van der Waals surface area contributed by atoms with Crippen molar-refractivity contribution in [2.45, 2.75) is 37.3 Å². The fourth-order valence-electron chi connectivity index (χ4n) is 2.44. The number of nitrogens with one attached hydrogen (secondary N) is 1. The molecule has 0 unspecified atom stereocenters. The Morgan fingerprint density at radius 1 is 1.07 bits per heavy atom. The van der Waals surface area contributed by atoms with Crippen molar-refractivity contribution in [3.8, 4) is 11.5 Å². The van der Waals surface area contributed by atoms with Gasteiger partial charge >= 0.3 is 0 Å². The summed E-state index contributed by atoms with van der Waals surface area (Å²) in [7, 11) is 0. The Labute approximate surface area is 161 Å². The summed E-state index contributed by atoms with van der Waals surface area (Å²) in [6.45, 7) is 5.63. The highest BCUT2D eigenvalue weighted by Crippen LogP contribution is 2.26. The Balaban J connectivity index is 1.59. The number of benzene rings is 2. The summed E-state index contributed by atoms with van der Waals surface area (Å²) < 4.78 is 18.7. The van der Waals surface area contributed by atoms with Gasteiger partial charge in [0, 0.05) is 5.56 Å². The number of amides is 1. The van der Waals surface area contributed by atoms with E-state index in [9.17, 15) is 9.18 Å². The number of aromatic nitrogens is 2. The maximum absolute atomic E-state index is 13.0. The molecule has 2 aromatic carbocycles. The number of hydrogen-bond donors (Lipinski definition) is 1. The van der Waals surface area contributed by atoms with E-state index in [1.54, 1.807) is 19.1 Å². The minimum atomic E-state index is -0.417. The van der Waals surface area contributed by atoms with Crippen LogP contribution in [0.25, 0.3) is 11.5 Å². The molecule has 0 saturated heterocycles. The first-order chi connectivity index (χ1) is 12.9. The van der Waals surface area contributed by atoms with Gasteiger partial charge in [-0.3, -0.25) is 4.79 Å². The molecule has 3 aromatic rings. The number of rotatable bonds is 6. The summed E-state index contributed by atoms with van der Waals surface area (Å²) in [6.07, 6.45) is 0. The molecule has 2 atom stereocenters. The summed E-state index contributed by atoms with van der Waals surface area (Å²) in [6, 6.07) is 13.6. The molecule has 0 fully saturated rings. The van der Waals surface area contributed by atoms with E-state index in [1.165, 1.54) is 23.9 Å². The average molecular weight is 385 g/mol. The fourth-order valence-corrected chi connectivity index (χ4v) is 3.13. The lowest BCUT2D eigenvalue weighted by molar-refractivity contribution is -0.120. The largest absolute Gasteiger partial charge is 0.411 e. The lowest BCUT2D eigenvalue weighted by Gasteiger charge is -2.16. The first kappa shape index (κ1) is 19.1. The van der Waals surface area contributed by atoms with Gasteiger partial charge in [0.15, 0.2) is 0 Å². The van der Waals surface area contributed by atoms with Crippen LogP contribution in [-0.4, -0.2) is 21.4 Å². The SMILES string of the molecule is Cc1ccc(-c2nnc(S[C@H](C)C(=O)N[C@@H](C)c3ccc(F)cc3)o2)cc1. The van der Waals surface area contributed by atoms with E-state index in [1.807, 2.05) is 38.1 Å². The number of carbonyl (C=O) groups excluding carboxylic acids is 1. The normalized spacial score (nSPS) is 13.2. The Morgan fingerprint density at radius 2 is 1.74 bits per heavy atom. The second kappa shape index (κ2) is 8.35. The van der Waals surface area contributed by atoms with Crippen LogP contribution in [0.1, 0.15) is 31.0 Å². The second-order valence-electron chi connectivity index (χ2n) is 6.28. The Morgan fingerprint density at radius 3 is 2.41 bits per heavy atom. The third kappa shape index (κ3) is 4.95. The van der Waals surface area contributed by atoms with Crippen LogP contribution in [0.4, 0.5) is 4.39 Å². The third-order valence-electron chi connectivity index (χ3n) is 4.08. The van der Waals surface area contributed by atoms with Gasteiger partial charge in [0.05, 0.1) is 11.3 Å². The van der Waals surface area contributed by atoms with E-state index in [2.05, 4.69) is 15.5 Å². The quantitative estimate of drug-likeness (QED) is 0.631. The maximum atomic E-state index is 13.0. The molecule has 0 radical (unpaired) electrons. The third-order valence-corrected chi connectivity index (χ3v) is 5.01. The van der Waals surface area contributed by atoms with Gasteiger partial charge in [0.2, 0.25) is 11.8 Å². The van der Waals surface area contributed by atoms with Crippen LogP contribution in [0.3, 0.4) is 0 Å². The van der Waals surface area contributed by atoms with Crippen LogP contribution >= 0.6 is 11.8 Å². The predicted octanol–water partition coefficient (Wildman–Crippen LogP) is 4.54. The zero-order valence-corrected chi connectivity index (χ0v) is 16.1. The lowest BCUT2D eigenvalue weighted by atomic mass is 10.1. The summed E-state index contributed by atoms with van der Waals surface area (Å²) >= 11 is 1.20. The summed E-state index contributed by atoms with van der Waals surface area (Å²) in [5, 5.41) is 10.9. The molecule has 1 aromatic heterocycles. The standard InChI is InChI=1S/C20H20FN3O2S/c1-12-4-6-16(7-5-12)19-23-24-20(26-19)27-14(3)18(25)22-13(2)15-8-10-17(21)11-9-15/h4-11,13-14H,1-3H3,(H,22,25)/t13-,14+/m0/s1. The molecule has 0 saturated carbocycles. The monoisotopic (exact) mass is 385 g/mol. The molecule has 27 heavy (non-hydrogen) atoms. The zero-order chi connectivity index (χ0) is 19.4. The molecule has 1 N–H and O–H groups in total. The van der Waals surface area contributed by atoms with Gasteiger partial charge < -0.3 is 9.73 Å². The molecule has 0 aliphatic rings. The topological polar surface area (TPSA) is 68.0 Å². The van der Waals surface area contributed by atoms with Crippen molar-refractivity contribution >= 4 is 17.7 Å². The smallest absolute Gasteiger partial charge is 0.277 e. The molecule has 0 aliphatic heterocycles. The first-order valence-corrected chi connectivity index (χ1v) is 9.43. The van der Waals surface area contributed by atoms with Crippen molar-refractivity contribution in [3.63, 3.8) is 0 Å².